The van der Waals surface area contributed by atoms with E-state index in [-0.39, 0.29) is 11.7 Å². The number of hydrogen-bond donors (Lipinski definition) is 1. The molecule has 0 atom stereocenters. The van der Waals surface area contributed by atoms with Crippen molar-refractivity contribution in [3.05, 3.63) is 77.7 Å². The molecule has 2 heterocycles. The van der Waals surface area contributed by atoms with Crippen LogP contribution in [-0.2, 0) is 6.54 Å². The van der Waals surface area contributed by atoms with E-state index >= 15 is 0 Å². The summed E-state index contributed by atoms with van der Waals surface area (Å²) in [5.74, 6) is 0.705. The second kappa shape index (κ2) is 6.28. The molecular weight excluding hydrogens is 316 g/mol. The minimum Gasteiger partial charge on any atom is -0.451 e. The molecule has 2 aromatic heterocycles. The SMILES string of the molecule is Cc1onc(-c2ccccc2)c1CNC(=O)c1cc2ccccc2o1. The van der Waals surface area contributed by atoms with Crippen molar-refractivity contribution < 1.29 is 13.7 Å². The third-order valence-electron chi connectivity index (χ3n) is 4.11. The van der Waals surface area contributed by atoms with E-state index in [1.165, 1.54) is 0 Å². The molecule has 5 nitrogen and oxygen atoms in total. The van der Waals surface area contributed by atoms with Crippen LogP contribution < -0.4 is 5.32 Å². The van der Waals surface area contributed by atoms with E-state index in [1.54, 1.807) is 6.07 Å². The number of fused-ring (bicyclic) bond motifs is 1. The molecule has 0 saturated carbocycles. The van der Waals surface area contributed by atoms with Crippen molar-refractivity contribution in [1.29, 1.82) is 0 Å². The summed E-state index contributed by atoms with van der Waals surface area (Å²) in [6.45, 7) is 2.15. The van der Waals surface area contributed by atoms with Crippen LogP contribution in [0.4, 0.5) is 0 Å². The Morgan fingerprint density at radius 3 is 2.64 bits per heavy atom. The number of amides is 1. The molecule has 1 N–H and O–H groups in total. The monoisotopic (exact) mass is 332 g/mol. The van der Waals surface area contributed by atoms with E-state index in [4.69, 9.17) is 8.94 Å². The van der Waals surface area contributed by atoms with Crippen LogP contribution in [0.1, 0.15) is 21.9 Å². The number of carbonyl (C=O) groups excluding carboxylic acids is 1. The van der Waals surface area contributed by atoms with Gasteiger partial charge in [-0.3, -0.25) is 4.79 Å². The lowest BCUT2D eigenvalue weighted by atomic mass is 10.1. The second-order valence-corrected chi connectivity index (χ2v) is 5.76. The van der Waals surface area contributed by atoms with Crippen molar-refractivity contribution >= 4 is 16.9 Å². The molecule has 0 aliphatic heterocycles. The fourth-order valence-electron chi connectivity index (χ4n) is 2.77. The Morgan fingerprint density at radius 2 is 1.84 bits per heavy atom. The number of nitrogens with zero attached hydrogens (tertiary/aromatic N) is 1. The maximum atomic E-state index is 12.4. The molecule has 25 heavy (non-hydrogen) atoms. The first-order valence-electron chi connectivity index (χ1n) is 8.00. The third kappa shape index (κ3) is 2.92. The van der Waals surface area contributed by atoms with Gasteiger partial charge in [-0.15, -0.1) is 0 Å². The summed E-state index contributed by atoms with van der Waals surface area (Å²) < 4.78 is 10.9. The standard InChI is InChI=1S/C20H16N2O3/c1-13-16(19(22-25-13)14-7-3-2-4-8-14)12-21-20(23)18-11-15-9-5-6-10-17(15)24-18/h2-11H,12H2,1H3,(H,21,23). The molecule has 5 heteroatoms. The number of para-hydroxylation sites is 1. The first kappa shape index (κ1) is 15.2. The molecule has 0 saturated heterocycles. The van der Waals surface area contributed by atoms with E-state index in [1.807, 2.05) is 61.5 Å². The number of furan rings is 1. The topological polar surface area (TPSA) is 68.3 Å². The summed E-state index contributed by atoms with van der Waals surface area (Å²) in [7, 11) is 0. The molecule has 0 bridgehead atoms. The summed E-state index contributed by atoms with van der Waals surface area (Å²) in [5, 5.41) is 7.90. The first-order valence-corrected chi connectivity index (χ1v) is 8.00. The Balaban J connectivity index is 1.55. The van der Waals surface area contributed by atoms with Crippen molar-refractivity contribution in [2.24, 2.45) is 0 Å². The summed E-state index contributed by atoms with van der Waals surface area (Å²) in [5.41, 5.74) is 3.24. The fourth-order valence-corrected chi connectivity index (χ4v) is 2.77. The molecule has 2 aromatic carbocycles. The Labute approximate surface area is 144 Å². The van der Waals surface area contributed by atoms with Crippen LogP contribution in [0.5, 0.6) is 0 Å². The van der Waals surface area contributed by atoms with Crippen LogP contribution in [0.15, 0.2) is 69.6 Å². The van der Waals surface area contributed by atoms with Gasteiger partial charge in [0, 0.05) is 23.1 Å². The zero-order valence-electron chi connectivity index (χ0n) is 13.7. The van der Waals surface area contributed by atoms with E-state index in [9.17, 15) is 4.79 Å². The molecule has 0 radical (unpaired) electrons. The van der Waals surface area contributed by atoms with Gasteiger partial charge < -0.3 is 14.3 Å². The van der Waals surface area contributed by atoms with Gasteiger partial charge in [-0.05, 0) is 19.1 Å². The van der Waals surface area contributed by atoms with Gasteiger partial charge in [0.15, 0.2) is 5.76 Å². The Bertz CT molecular complexity index is 998. The Kier molecular flexibility index (Phi) is 3.82. The van der Waals surface area contributed by atoms with Crippen LogP contribution in [0.2, 0.25) is 0 Å². The molecule has 4 aromatic rings. The summed E-state index contributed by atoms with van der Waals surface area (Å²) in [6.07, 6.45) is 0. The van der Waals surface area contributed by atoms with Gasteiger partial charge in [0.05, 0.1) is 0 Å². The van der Waals surface area contributed by atoms with Gasteiger partial charge in [-0.2, -0.15) is 0 Å². The van der Waals surface area contributed by atoms with Gasteiger partial charge in [0.1, 0.15) is 17.0 Å². The third-order valence-corrected chi connectivity index (χ3v) is 4.11. The highest BCUT2D eigenvalue weighted by Gasteiger charge is 2.17. The van der Waals surface area contributed by atoms with E-state index in [0.29, 0.717) is 17.9 Å². The van der Waals surface area contributed by atoms with Crippen molar-refractivity contribution in [1.82, 2.24) is 10.5 Å². The average molecular weight is 332 g/mol. The van der Waals surface area contributed by atoms with Crippen molar-refractivity contribution in [3.8, 4) is 11.3 Å². The first-order chi connectivity index (χ1) is 12.2. The maximum absolute atomic E-state index is 12.4. The predicted octanol–water partition coefficient (Wildman–Crippen LogP) is 4.33. The van der Waals surface area contributed by atoms with Gasteiger partial charge in [0.25, 0.3) is 5.91 Å². The average Bonchev–Trinajstić information content (AvgIpc) is 3.24. The maximum Gasteiger partial charge on any atom is 0.287 e. The number of aromatic nitrogens is 1. The second-order valence-electron chi connectivity index (χ2n) is 5.76. The van der Waals surface area contributed by atoms with Crippen LogP contribution in [0.3, 0.4) is 0 Å². The fraction of sp³-hybridized carbons (Fsp3) is 0.100. The highest BCUT2D eigenvalue weighted by molar-refractivity contribution is 5.96. The van der Waals surface area contributed by atoms with Gasteiger partial charge in [-0.25, -0.2) is 0 Å². The van der Waals surface area contributed by atoms with Crippen molar-refractivity contribution in [3.63, 3.8) is 0 Å². The normalized spacial score (nSPS) is 10.9. The zero-order chi connectivity index (χ0) is 17.2. The number of hydrogen-bond acceptors (Lipinski definition) is 4. The Morgan fingerprint density at radius 1 is 1.08 bits per heavy atom. The highest BCUT2D eigenvalue weighted by Crippen LogP contribution is 2.25. The molecule has 0 aliphatic carbocycles. The smallest absolute Gasteiger partial charge is 0.287 e. The zero-order valence-corrected chi connectivity index (χ0v) is 13.7. The van der Waals surface area contributed by atoms with Gasteiger partial charge in [0.2, 0.25) is 0 Å². The van der Waals surface area contributed by atoms with Crippen LogP contribution in [0.25, 0.3) is 22.2 Å². The number of rotatable bonds is 4. The van der Waals surface area contributed by atoms with E-state index in [0.717, 1.165) is 22.2 Å². The summed E-state index contributed by atoms with van der Waals surface area (Å²) >= 11 is 0. The number of carbonyl (C=O) groups is 1. The molecular formula is C20H16N2O3. The highest BCUT2D eigenvalue weighted by atomic mass is 16.5. The summed E-state index contributed by atoms with van der Waals surface area (Å²) in [4.78, 5) is 12.4. The minimum absolute atomic E-state index is 0.268. The van der Waals surface area contributed by atoms with Gasteiger partial charge in [-0.1, -0.05) is 53.7 Å². The quantitative estimate of drug-likeness (QED) is 0.604. The predicted molar refractivity (Wildman–Crippen MR) is 94.1 cm³/mol. The Hall–Kier alpha value is -3.34. The van der Waals surface area contributed by atoms with Gasteiger partial charge >= 0.3 is 0 Å². The van der Waals surface area contributed by atoms with Crippen LogP contribution >= 0.6 is 0 Å². The molecule has 0 spiro atoms. The molecule has 1 amide bonds. The molecule has 124 valence electrons. The number of aryl methyl sites for hydroxylation is 1. The molecule has 0 unspecified atom stereocenters. The number of nitrogens with one attached hydrogen (secondary N) is 1. The lowest BCUT2D eigenvalue weighted by Crippen LogP contribution is -2.22. The lowest BCUT2D eigenvalue weighted by molar-refractivity contribution is 0.0925. The number of benzene rings is 2. The van der Waals surface area contributed by atoms with Crippen LogP contribution in [0, 0.1) is 6.92 Å². The molecule has 0 aliphatic rings. The van der Waals surface area contributed by atoms with Crippen molar-refractivity contribution in [2.45, 2.75) is 13.5 Å². The largest absolute Gasteiger partial charge is 0.451 e. The van der Waals surface area contributed by atoms with E-state index < -0.39 is 0 Å². The van der Waals surface area contributed by atoms with Crippen molar-refractivity contribution in [2.75, 3.05) is 0 Å². The van der Waals surface area contributed by atoms with Crippen LogP contribution in [-0.4, -0.2) is 11.1 Å². The lowest BCUT2D eigenvalue weighted by Gasteiger charge is -2.04. The molecule has 0 fully saturated rings. The minimum atomic E-state index is -0.268. The van der Waals surface area contributed by atoms with E-state index in [2.05, 4.69) is 10.5 Å². The molecule has 4 rings (SSSR count). The summed E-state index contributed by atoms with van der Waals surface area (Å²) in [6, 6.07) is 19.0.